The molecule has 1 unspecified atom stereocenters. The summed E-state index contributed by atoms with van der Waals surface area (Å²) >= 11 is 0. The van der Waals surface area contributed by atoms with Crippen molar-refractivity contribution in [2.45, 2.75) is 45.6 Å². The molecule has 120 valence electrons. The molecule has 0 aliphatic rings. The molecule has 0 aliphatic heterocycles. The van der Waals surface area contributed by atoms with Crippen LogP contribution in [0, 0.1) is 6.92 Å². The normalized spacial score (nSPS) is 13.4. The fourth-order valence-electron chi connectivity index (χ4n) is 2.21. The summed E-state index contributed by atoms with van der Waals surface area (Å²) in [6.45, 7) is 11.8. The fraction of sp³-hybridized carbons (Fsp3) is 0.667. The molecule has 21 heavy (non-hydrogen) atoms. The van der Waals surface area contributed by atoms with Gasteiger partial charge in [0.05, 0.1) is 13.2 Å². The van der Waals surface area contributed by atoms with Gasteiger partial charge in [0.15, 0.2) is 0 Å². The second-order valence-electron chi connectivity index (χ2n) is 6.64. The van der Waals surface area contributed by atoms with E-state index in [9.17, 15) is 0 Å². The van der Waals surface area contributed by atoms with Crippen molar-refractivity contribution in [3.05, 3.63) is 35.4 Å². The minimum absolute atomic E-state index is 0.138. The molecule has 0 aromatic heterocycles. The van der Waals surface area contributed by atoms with Gasteiger partial charge in [-0.2, -0.15) is 0 Å². The summed E-state index contributed by atoms with van der Waals surface area (Å²) in [5.74, 6) is 0.478. The number of benzene rings is 1. The van der Waals surface area contributed by atoms with Gasteiger partial charge in [-0.05, 0) is 45.6 Å². The van der Waals surface area contributed by atoms with E-state index in [-0.39, 0.29) is 5.54 Å². The number of hydrogen-bond donors (Lipinski definition) is 1. The first-order valence-electron chi connectivity index (χ1n) is 7.80. The monoisotopic (exact) mass is 293 g/mol. The van der Waals surface area contributed by atoms with Gasteiger partial charge in [-0.3, -0.25) is 0 Å². The molecule has 0 aliphatic carbocycles. The number of methoxy groups -OCH3 is 1. The van der Waals surface area contributed by atoms with Gasteiger partial charge in [0.25, 0.3) is 0 Å². The zero-order valence-electron chi connectivity index (χ0n) is 14.2. The van der Waals surface area contributed by atoms with Crippen LogP contribution in [-0.2, 0) is 9.47 Å². The summed E-state index contributed by atoms with van der Waals surface area (Å²) in [5, 5.41) is 3.61. The third-order valence-electron chi connectivity index (χ3n) is 3.43. The highest BCUT2D eigenvalue weighted by Gasteiger charge is 2.16. The standard InChI is InChI=1S/C18H31NO2/c1-15-7-6-8-16(13-15)17(14-19-18(2,3)4)9-10-21-12-11-20-5/h6-8,13,17,19H,9-12,14H2,1-5H3. The van der Waals surface area contributed by atoms with Crippen LogP contribution in [0.2, 0.25) is 0 Å². The van der Waals surface area contributed by atoms with E-state index in [1.165, 1.54) is 11.1 Å². The molecule has 0 radical (unpaired) electrons. The van der Waals surface area contributed by atoms with Gasteiger partial charge in [0.2, 0.25) is 0 Å². The second kappa shape index (κ2) is 9.19. The maximum absolute atomic E-state index is 5.64. The Hall–Kier alpha value is -0.900. The van der Waals surface area contributed by atoms with E-state index < -0.39 is 0 Å². The van der Waals surface area contributed by atoms with Gasteiger partial charge in [-0.15, -0.1) is 0 Å². The Morgan fingerprint density at radius 1 is 1.14 bits per heavy atom. The van der Waals surface area contributed by atoms with Crippen molar-refractivity contribution < 1.29 is 9.47 Å². The smallest absolute Gasteiger partial charge is 0.0700 e. The Bertz CT molecular complexity index is 398. The van der Waals surface area contributed by atoms with E-state index in [1.54, 1.807) is 7.11 Å². The molecule has 1 aromatic carbocycles. The summed E-state index contributed by atoms with van der Waals surface area (Å²) in [6.07, 6.45) is 1.02. The van der Waals surface area contributed by atoms with Crippen LogP contribution in [-0.4, -0.2) is 39.0 Å². The predicted molar refractivity (Wildman–Crippen MR) is 89.0 cm³/mol. The summed E-state index contributed by atoms with van der Waals surface area (Å²) < 4.78 is 10.6. The molecule has 1 rings (SSSR count). The molecule has 0 saturated carbocycles. The number of hydrogen-bond acceptors (Lipinski definition) is 3. The van der Waals surface area contributed by atoms with Crippen LogP contribution in [0.5, 0.6) is 0 Å². The summed E-state index contributed by atoms with van der Waals surface area (Å²) in [5.41, 5.74) is 2.84. The van der Waals surface area contributed by atoms with Crippen molar-refractivity contribution in [3.63, 3.8) is 0 Å². The van der Waals surface area contributed by atoms with Crippen LogP contribution in [0.4, 0.5) is 0 Å². The third-order valence-corrected chi connectivity index (χ3v) is 3.43. The Labute approximate surface area is 130 Å². The largest absolute Gasteiger partial charge is 0.382 e. The molecule has 1 atom stereocenters. The molecule has 0 heterocycles. The average molecular weight is 293 g/mol. The van der Waals surface area contributed by atoms with Crippen molar-refractivity contribution in [2.75, 3.05) is 33.5 Å². The lowest BCUT2D eigenvalue weighted by Crippen LogP contribution is -2.38. The van der Waals surface area contributed by atoms with Crippen molar-refractivity contribution in [1.29, 1.82) is 0 Å². The average Bonchev–Trinajstić information content (AvgIpc) is 2.40. The molecule has 0 spiro atoms. The molecular formula is C18H31NO2. The molecule has 1 aromatic rings. The van der Waals surface area contributed by atoms with Crippen LogP contribution in [0.3, 0.4) is 0 Å². The second-order valence-corrected chi connectivity index (χ2v) is 6.64. The van der Waals surface area contributed by atoms with Crippen LogP contribution in [0.25, 0.3) is 0 Å². The molecule has 3 nitrogen and oxygen atoms in total. The van der Waals surface area contributed by atoms with Crippen molar-refractivity contribution >= 4 is 0 Å². The van der Waals surface area contributed by atoms with E-state index in [2.05, 4.69) is 57.3 Å². The SMILES string of the molecule is COCCOCCC(CNC(C)(C)C)c1cccc(C)c1. The number of aryl methyl sites for hydroxylation is 1. The lowest BCUT2D eigenvalue weighted by Gasteiger charge is -2.26. The zero-order chi connectivity index (χ0) is 15.7. The number of rotatable bonds is 9. The third kappa shape index (κ3) is 8.20. The Kier molecular flexibility index (Phi) is 7.94. The quantitative estimate of drug-likeness (QED) is 0.707. The zero-order valence-corrected chi connectivity index (χ0v) is 14.2. The van der Waals surface area contributed by atoms with Gasteiger partial charge in [-0.25, -0.2) is 0 Å². The highest BCUT2D eigenvalue weighted by atomic mass is 16.5. The van der Waals surface area contributed by atoms with Crippen LogP contribution < -0.4 is 5.32 Å². The fourth-order valence-corrected chi connectivity index (χ4v) is 2.21. The molecule has 0 saturated heterocycles. The van der Waals surface area contributed by atoms with Crippen LogP contribution in [0.1, 0.15) is 44.2 Å². The predicted octanol–water partition coefficient (Wildman–Crippen LogP) is 3.52. The Morgan fingerprint density at radius 2 is 1.90 bits per heavy atom. The minimum Gasteiger partial charge on any atom is -0.382 e. The van der Waals surface area contributed by atoms with Crippen molar-refractivity contribution in [3.8, 4) is 0 Å². The van der Waals surface area contributed by atoms with Gasteiger partial charge < -0.3 is 14.8 Å². The Balaban J connectivity index is 2.57. The van der Waals surface area contributed by atoms with E-state index >= 15 is 0 Å². The highest BCUT2D eigenvalue weighted by Crippen LogP contribution is 2.21. The molecular weight excluding hydrogens is 262 g/mol. The first kappa shape index (κ1) is 18.1. The van der Waals surface area contributed by atoms with Crippen LogP contribution >= 0.6 is 0 Å². The van der Waals surface area contributed by atoms with Gasteiger partial charge >= 0.3 is 0 Å². The lowest BCUT2D eigenvalue weighted by molar-refractivity contribution is 0.0667. The van der Waals surface area contributed by atoms with E-state index in [1.807, 2.05) is 0 Å². The van der Waals surface area contributed by atoms with E-state index in [0.29, 0.717) is 19.1 Å². The maximum Gasteiger partial charge on any atom is 0.0700 e. The topological polar surface area (TPSA) is 30.5 Å². The van der Waals surface area contributed by atoms with Crippen molar-refractivity contribution in [1.82, 2.24) is 5.32 Å². The van der Waals surface area contributed by atoms with E-state index in [4.69, 9.17) is 9.47 Å². The maximum atomic E-state index is 5.64. The van der Waals surface area contributed by atoms with E-state index in [0.717, 1.165) is 19.6 Å². The van der Waals surface area contributed by atoms with Gasteiger partial charge in [0.1, 0.15) is 0 Å². The molecule has 0 amide bonds. The number of ether oxygens (including phenoxy) is 2. The molecule has 0 bridgehead atoms. The molecule has 1 N–H and O–H groups in total. The Morgan fingerprint density at radius 3 is 2.52 bits per heavy atom. The van der Waals surface area contributed by atoms with Gasteiger partial charge in [0, 0.05) is 25.8 Å². The molecule has 3 heteroatoms. The van der Waals surface area contributed by atoms with Crippen LogP contribution in [0.15, 0.2) is 24.3 Å². The molecule has 0 fully saturated rings. The number of nitrogens with one attached hydrogen (secondary N) is 1. The summed E-state index contributed by atoms with van der Waals surface area (Å²) in [7, 11) is 1.70. The van der Waals surface area contributed by atoms with Gasteiger partial charge in [-0.1, -0.05) is 29.8 Å². The first-order chi connectivity index (χ1) is 9.92. The highest BCUT2D eigenvalue weighted by molar-refractivity contribution is 5.25. The summed E-state index contributed by atoms with van der Waals surface area (Å²) in [4.78, 5) is 0. The first-order valence-corrected chi connectivity index (χ1v) is 7.80. The minimum atomic E-state index is 0.138. The lowest BCUT2D eigenvalue weighted by atomic mass is 9.93. The summed E-state index contributed by atoms with van der Waals surface area (Å²) in [6, 6.07) is 8.79. The van der Waals surface area contributed by atoms with Crippen molar-refractivity contribution in [2.24, 2.45) is 0 Å².